The van der Waals surface area contributed by atoms with Gasteiger partial charge in [0.1, 0.15) is 11.3 Å². The van der Waals surface area contributed by atoms with Crippen molar-refractivity contribution in [3.05, 3.63) is 32.7 Å². The van der Waals surface area contributed by atoms with Gasteiger partial charge >= 0.3 is 0 Å². The maximum absolute atomic E-state index is 12.3. The molecule has 0 spiro atoms. The lowest BCUT2D eigenvalue weighted by Crippen LogP contribution is -2.12. The fourth-order valence-electron chi connectivity index (χ4n) is 1.32. The van der Waals surface area contributed by atoms with Gasteiger partial charge in [-0.15, -0.1) is 10.2 Å². The molecule has 0 bridgehead atoms. The van der Waals surface area contributed by atoms with Gasteiger partial charge in [0.25, 0.3) is 12.3 Å². The molecule has 0 aliphatic carbocycles. The van der Waals surface area contributed by atoms with E-state index in [1.54, 1.807) is 0 Å². The SMILES string of the molecule is O=C(Nc1nnc(C(F)F)s1)c1c(O)cc(Cl)cc1Cl. The monoisotopic (exact) mass is 339 g/mol. The number of hydrogen-bond acceptors (Lipinski definition) is 5. The quantitative estimate of drug-likeness (QED) is 0.893. The van der Waals surface area contributed by atoms with E-state index >= 15 is 0 Å². The topological polar surface area (TPSA) is 75.1 Å². The average molecular weight is 340 g/mol. The minimum Gasteiger partial charge on any atom is -0.507 e. The highest BCUT2D eigenvalue weighted by Crippen LogP contribution is 2.31. The molecule has 0 saturated heterocycles. The zero-order valence-corrected chi connectivity index (χ0v) is 11.7. The van der Waals surface area contributed by atoms with Gasteiger partial charge in [-0.2, -0.15) is 0 Å². The number of halogens is 4. The van der Waals surface area contributed by atoms with Gasteiger partial charge in [-0.3, -0.25) is 10.1 Å². The average Bonchev–Trinajstić information content (AvgIpc) is 2.75. The van der Waals surface area contributed by atoms with Crippen LogP contribution in [0.15, 0.2) is 12.1 Å². The van der Waals surface area contributed by atoms with Crippen molar-refractivity contribution >= 4 is 45.6 Å². The summed E-state index contributed by atoms with van der Waals surface area (Å²) in [6, 6.07) is 2.40. The molecule has 0 fully saturated rings. The third kappa shape index (κ3) is 3.14. The van der Waals surface area contributed by atoms with Gasteiger partial charge in [0.2, 0.25) is 5.13 Å². The number of benzene rings is 1. The number of amides is 1. The maximum atomic E-state index is 12.3. The minimum atomic E-state index is -2.77. The van der Waals surface area contributed by atoms with Crippen LogP contribution in [-0.4, -0.2) is 21.2 Å². The number of carbonyl (C=O) groups excluding carboxylic acids is 1. The molecular weight excluding hydrogens is 335 g/mol. The van der Waals surface area contributed by atoms with Crippen molar-refractivity contribution < 1.29 is 18.7 Å². The van der Waals surface area contributed by atoms with E-state index in [2.05, 4.69) is 15.5 Å². The first kappa shape index (κ1) is 14.9. The first-order valence-corrected chi connectivity index (χ1v) is 6.56. The van der Waals surface area contributed by atoms with E-state index in [1.807, 2.05) is 0 Å². The number of phenols is 1. The third-order valence-electron chi connectivity index (χ3n) is 2.11. The number of phenolic OH excluding ortho intramolecular Hbond substituents is 1. The molecule has 0 aliphatic heterocycles. The number of alkyl halides is 2. The van der Waals surface area contributed by atoms with Crippen molar-refractivity contribution in [1.29, 1.82) is 0 Å². The second kappa shape index (κ2) is 5.86. The third-order valence-corrected chi connectivity index (χ3v) is 3.47. The Labute approximate surface area is 125 Å². The number of nitrogens with zero attached hydrogens (tertiary/aromatic N) is 2. The van der Waals surface area contributed by atoms with Crippen LogP contribution in [0.1, 0.15) is 21.8 Å². The summed E-state index contributed by atoms with van der Waals surface area (Å²) in [6.07, 6.45) is -2.77. The minimum absolute atomic E-state index is 0.0777. The van der Waals surface area contributed by atoms with Crippen LogP contribution in [0.4, 0.5) is 13.9 Å². The lowest BCUT2D eigenvalue weighted by atomic mass is 10.2. The molecule has 0 aliphatic rings. The van der Waals surface area contributed by atoms with Gasteiger partial charge in [0.15, 0.2) is 5.01 Å². The molecule has 0 unspecified atom stereocenters. The number of carbonyl (C=O) groups is 1. The molecule has 106 valence electrons. The molecule has 0 atom stereocenters. The molecule has 10 heteroatoms. The van der Waals surface area contributed by atoms with Crippen LogP contribution in [0.25, 0.3) is 0 Å². The fraction of sp³-hybridized carbons (Fsp3) is 0.100. The second-order valence-electron chi connectivity index (χ2n) is 3.48. The van der Waals surface area contributed by atoms with Gasteiger partial charge in [-0.05, 0) is 12.1 Å². The smallest absolute Gasteiger partial charge is 0.291 e. The number of rotatable bonds is 3. The van der Waals surface area contributed by atoms with E-state index in [0.29, 0.717) is 11.3 Å². The van der Waals surface area contributed by atoms with Crippen LogP contribution >= 0.6 is 34.5 Å². The number of aromatic hydroxyl groups is 1. The Kier molecular flexibility index (Phi) is 4.36. The van der Waals surface area contributed by atoms with Crippen LogP contribution in [0, 0.1) is 0 Å². The van der Waals surface area contributed by atoms with E-state index in [1.165, 1.54) is 6.07 Å². The Hall–Kier alpha value is -1.51. The highest BCUT2D eigenvalue weighted by atomic mass is 35.5. The van der Waals surface area contributed by atoms with Gasteiger partial charge in [0, 0.05) is 5.02 Å². The summed E-state index contributed by atoms with van der Waals surface area (Å²) in [6.45, 7) is 0. The summed E-state index contributed by atoms with van der Waals surface area (Å²) in [5.41, 5.74) is -0.232. The van der Waals surface area contributed by atoms with E-state index in [9.17, 15) is 18.7 Å². The molecule has 1 aromatic heterocycles. The van der Waals surface area contributed by atoms with Crippen molar-refractivity contribution in [2.45, 2.75) is 6.43 Å². The molecule has 5 nitrogen and oxygen atoms in total. The van der Waals surface area contributed by atoms with Gasteiger partial charge in [-0.25, -0.2) is 8.78 Å². The van der Waals surface area contributed by atoms with Crippen LogP contribution < -0.4 is 5.32 Å². The van der Waals surface area contributed by atoms with E-state index in [0.717, 1.165) is 6.07 Å². The summed E-state index contributed by atoms with van der Waals surface area (Å²) in [7, 11) is 0. The van der Waals surface area contributed by atoms with Crippen molar-refractivity contribution in [3.8, 4) is 5.75 Å². The second-order valence-corrected chi connectivity index (χ2v) is 5.33. The molecule has 2 rings (SSSR count). The first-order chi connectivity index (χ1) is 9.38. The van der Waals surface area contributed by atoms with Crippen molar-refractivity contribution in [2.75, 3.05) is 5.32 Å². The summed E-state index contributed by atoms with van der Waals surface area (Å²) in [5, 5.41) is 17.9. The molecular formula is C10H5Cl2F2N3O2S. The van der Waals surface area contributed by atoms with Gasteiger partial charge in [-0.1, -0.05) is 34.5 Å². The first-order valence-electron chi connectivity index (χ1n) is 4.99. The normalized spacial score (nSPS) is 10.8. The largest absolute Gasteiger partial charge is 0.507 e. The zero-order chi connectivity index (χ0) is 14.9. The van der Waals surface area contributed by atoms with E-state index in [4.69, 9.17) is 23.2 Å². The summed E-state index contributed by atoms with van der Waals surface area (Å²) in [4.78, 5) is 11.9. The van der Waals surface area contributed by atoms with Crippen LogP contribution in [0.2, 0.25) is 10.0 Å². The van der Waals surface area contributed by atoms with Gasteiger partial charge < -0.3 is 5.11 Å². The predicted octanol–water partition coefficient (Wildman–Crippen LogP) is 3.74. The summed E-state index contributed by atoms with van der Waals surface area (Å²) in [5.74, 6) is -1.24. The Morgan fingerprint density at radius 2 is 2.05 bits per heavy atom. The van der Waals surface area contributed by atoms with Crippen LogP contribution in [0.5, 0.6) is 5.75 Å². The lowest BCUT2D eigenvalue weighted by Gasteiger charge is -2.06. The highest BCUT2D eigenvalue weighted by Gasteiger charge is 2.20. The van der Waals surface area contributed by atoms with Gasteiger partial charge in [0.05, 0.1) is 5.02 Å². The summed E-state index contributed by atoms with van der Waals surface area (Å²) >= 11 is 12.0. The maximum Gasteiger partial charge on any atom is 0.291 e. The standard InChI is InChI=1S/C10H5Cl2F2N3O2S/c11-3-1-4(12)6(5(18)2-3)8(19)15-10-17-16-9(20-10)7(13)14/h1-2,7,18H,(H,15,17,19). The van der Waals surface area contributed by atoms with Crippen LogP contribution in [0.3, 0.4) is 0 Å². The molecule has 2 N–H and O–H groups in total. The zero-order valence-electron chi connectivity index (χ0n) is 9.40. The Morgan fingerprint density at radius 3 is 2.60 bits per heavy atom. The van der Waals surface area contributed by atoms with Crippen molar-refractivity contribution in [1.82, 2.24) is 10.2 Å². The fourth-order valence-corrected chi connectivity index (χ4v) is 2.48. The lowest BCUT2D eigenvalue weighted by molar-refractivity contribution is 0.102. The van der Waals surface area contributed by atoms with Crippen LogP contribution in [-0.2, 0) is 0 Å². The molecule has 2 aromatic rings. The number of hydrogen-bond donors (Lipinski definition) is 2. The number of nitrogens with one attached hydrogen (secondary N) is 1. The highest BCUT2D eigenvalue weighted by molar-refractivity contribution is 7.15. The molecule has 1 aromatic carbocycles. The molecule has 0 saturated carbocycles. The Bertz CT molecular complexity index is 643. The van der Waals surface area contributed by atoms with Crippen molar-refractivity contribution in [3.63, 3.8) is 0 Å². The molecule has 0 radical (unpaired) electrons. The number of aromatic nitrogens is 2. The molecule has 20 heavy (non-hydrogen) atoms. The summed E-state index contributed by atoms with van der Waals surface area (Å²) < 4.78 is 24.7. The number of anilines is 1. The van der Waals surface area contributed by atoms with Crippen molar-refractivity contribution in [2.24, 2.45) is 0 Å². The van der Waals surface area contributed by atoms with E-state index in [-0.39, 0.29) is 20.7 Å². The molecule has 1 amide bonds. The Morgan fingerprint density at radius 1 is 1.35 bits per heavy atom. The molecule has 1 heterocycles. The predicted molar refractivity (Wildman–Crippen MR) is 70.9 cm³/mol. The Balaban J connectivity index is 2.24. The van der Waals surface area contributed by atoms with E-state index < -0.39 is 23.1 Å².